The molecule has 0 radical (unpaired) electrons. The van der Waals surface area contributed by atoms with Crippen LogP contribution >= 0.6 is 0 Å². The first kappa shape index (κ1) is 22.3. The summed E-state index contributed by atoms with van der Waals surface area (Å²) >= 11 is 0. The highest BCUT2D eigenvalue weighted by atomic mass is 19.1. The van der Waals surface area contributed by atoms with E-state index in [4.69, 9.17) is 0 Å². The van der Waals surface area contributed by atoms with Crippen LogP contribution < -0.4 is 16.0 Å². The minimum absolute atomic E-state index is 0.315. The topological polar surface area (TPSA) is 108 Å². The van der Waals surface area contributed by atoms with Gasteiger partial charge in [-0.1, -0.05) is 45.2 Å². The van der Waals surface area contributed by atoms with Crippen LogP contribution in [0.3, 0.4) is 0 Å². The zero-order chi connectivity index (χ0) is 21.4. The summed E-state index contributed by atoms with van der Waals surface area (Å²) in [7, 11) is 0. The molecule has 1 fully saturated rings. The molecule has 1 aliphatic heterocycles. The Morgan fingerprint density at radius 1 is 1.10 bits per heavy atom. The summed E-state index contributed by atoms with van der Waals surface area (Å²) < 4.78 is 13.3. The van der Waals surface area contributed by atoms with Crippen LogP contribution in [-0.2, 0) is 15.1 Å². The maximum atomic E-state index is 13.3. The number of rotatable bonds is 9. The van der Waals surface area contributed by atoms with Crippen molar-refractivity contribution >= 4 is 23.9 Å². The molecule has 0 bridgehead atoms. The molecule has 9 heteroatoms. The molecule has 29 heavy (non-hydrogen) atoms. The lowest BCUT2D eigenvalue weighted by Gasteiger charge is -2.27. The predicted molar refractivity (Wildman–Crippen MR) is 104 cm³/mol. The highest BCUT2D eigenvalue weighted by Gasteiger charge is 2.52. The van der Waals surface area contributed by atoms with E-state index in [0.29, 0.717) is 24.9 Å². The lowest BCUT2D eigenvalue weighted by molar-refractivity contribution is -0.135. The van der Waals surface area contributed by atoms with Crippen LogP contribution in [0.15, 0.2) is 24.3 Å². The minimum Gasteiger partial charge on any atom is -0.338 e. The number of urea groups is 2. The van der Waals surface area contributed by atoms with Crippen LogP contribution in [0.4, 0.5) is 14.0 Å². The Balaban J connectivity index is 2.13. The molecular weight excluding hydrogens is 379 g/mol. The molecule has 158 valence electrons. The fraction of sp³-hybridized carbons (Fsp3) is 0.500. The molecule has 1 heterocycles. The first-order valence-corrected chi connectivity index (χ1v) is 9.82. The third-order valence-corrected chi connectivity index (χ3v) is 4.79. The third kappa shape index (κ3) is 5.30. The Labute approximate surface area is 169 Å². The number of carbonyl (C=O) groups is 4. The quantitative estimate of drug-likeness (QED) is 0.432. The van der Waals surface area contributed by atoms with Crippen molar-refractivity contribution in [2.75, 3.05) is 13.1 Å². The summed E-state index contributed by atoms with van der Waals surface area (Å²) in [4.78, 5) is 50.2. The molecule has 0 aliphatic carbocycles. The van der Waals surface area contributed by atoms with Gasteiger partial charge >= 0.3 is 12.1 Å². The summed E-state index contributed by atoms with van der Waals surface area (Å²) in [6.45, 7) is 3.75. The van der Waals surface area contributed by atoms with Crippen LogP contribution in [0.1, 0.15) is 51.5 Å². The Kier molecular flexibility index (Phi) is 7.69. The predicted octanol–water partition coefficient (Wildman–Crippen LogP) is 2.39. The second-order valence-electron chi connectivity index (χ2n) is 6.99. The largest absolute Gasteiger partial charge is 0.338 e. The van der Waals surface area contributed by atoms with Crippen molar-refractivity contribution in [2.24, 2.45) is 0 Å². The van der Waals surface area contributed by atoms with Gasteiger partial charge in [-0.25, -0.2) is 14.0 Å². The molecule has 0 unspecified atom stereocenters. The number of benzene rings is 1. The zero-order valence-corrected chi connectivity index (χ0v) is 16.7. The molecule has 2 rings (SSSR count). The van der Waals surface area contributed by atoms with Gasteiger partial charge in [0.05, 0.1) is 0 Å². The second-order valence-corrected chi connectivity index (χ2v) is 6.99. The maximum absolute atomic E-state index is 13.3. The number of hydrogen-bond acceptors (Lipinski definition) is 4. The van der Waals surface area contributed by atoms with Crippen molar-refractivity contribution in [3.8, 4) is 0 Å². The molecular formula is C20H27FN4O4. The van der Waals surface area contributed by atoms with Gasteiger partial charge in [0, 0.05) is 6.54 Å². The molecule has 0 spiro atoms. The molecule has 3 N–H and O–H groups in total. The minimum atomic E-state index is -1.36. The van der Waals surface area contributed by atoms with E-state index in [9.17, 15) is 23.6 Å². The molecule has 0 saturated carbocycles. The number of hydrogen-bond donors (Lipinski definition) is 3. The molecule has 1 aromatic carbocycles. The van der Waals surface area contributed by atoms with Crippen LogP contribution in [0.25, 0.3) is 0 Å². The molecule has 1 atom stereocenters. The number of nitrogens with zero attached hydrogens (tertiary/aromatic N) is 1. The fourth-order valence-corrected chi connectivity index (χ4v) is 3.19. The van der Waals surface area contributed by atoms with Crippen molar-refractivity contribution in [3.63, 3.8) is 0 Å². The highest BCUT2D eigenvalue weighted by Crippen LogP contribution is 2.34. The van der Waals surface area contributed by atoms with Crippen LogP contribution in [-0.4, -0.2) is 41.9 Å². The second kappa shape index (κ2) is 9.99. The molecule has 0 aromatic heterocycles. The van der Waals surface area contributed by atoms with Gasteiger partial charge in [-0.15, -0.1) is 0 Å². The van der Waals surface area contributed by atoms with Crippen LogP contribution in [0, 0.1) is 5.82 Å². The van der Waals surface area contributed by atoms with Gasteiger partial charge in [0.2, 0.25) is 5.91 Å². The number of amides is 6. The van der Waals surface area contributed by atoms with Crippen LogP contribution in [0.2, 0.25) is 0 Å². The Morgan fingerprint density at radius 2 is 1.76 bits per heavy atom. The van der Waals surface area contributed by atoms with Gasteiger partial charge in [-0.3, -0.25) is 19.8 Å². The number of unbranched alkanes of at least 4 members (excludes halogenated alkanes) is 2. The van der Waals surface area contributed by atoms with Crippen molar-refractivity contribution in [2.45, 2.75) is 51.5 Å². The normalized spacial score (nSPS) is 18.5. The summed E-state index contributed by atoms with van der Waals surface area (Å²) in [5.41, 5.74) is -0.907. The maximum Gasteiger partial charge on any atom is 0.325 e. The zero-order valence-electron chi connectivity index (χ0n) is 16.7. The Hall–Kier alpha value is -2.97. The lowest BCUT2D eigenvalue weighted by atomic mass is 9.85. The lowest BCUT2D eigenvalue weighted by Crippen LogP contribution is -2.47. The number of halogens is 1. The Bertz CT molecular complexity index is 768. The smallest absolute Gasteiger partial charge is 0.325 e. The van der Waals surface area contributed by atoms with E-state index in [1.807, 2.05) is 13.8 Å². The summed E-state index contributed by atoms with van der Waals surface area (Å²) in [6, 6.07) is 3.95. The number of carbonyl (C=O) groups excluding carboxylic acids is 4. The van der Waals surface area contributed by atoms with E-state index >= 15 is 0 Å². The molecule has 1 aromatic rings. The van der Waals surface area contributed by atoms with Gasteiger partial charge in [0.1, 0.15) is 17.9 Å². The van der Waals surface area contributed by atoms with Crippen molar-refractivity contribution in [1.29, 1.82) is 0 Å². The molecule has 1 saturated heterocycles. The van der Waals surface area contributed by atoms with E-state index in [2.05, 4.69) is 16.0 Å². The third-order valence-electron chi connectivity index (χ3n) is 4.79. The van der Waals surface area contributed by atoms with Gasteiger partial charge in [0.25, 0.3) is 5.91 Å². The van der Waals surface area contributed by atoms with Crippen molar-refractivity contribution in [3.05, 3.63) is 35.6 Å². The average Bonchev–Trinajstić information content (AvgIpc) is 2.92. The van der Waals surface area contributed by atoms with E-state index < -0.39 is 41.8 Å². The van der Waals surface area contributed by atoms with Crippen molar-refractivity contribution in [1.82, 2.24) is 20.9 Å². The van der Waals surface area contributed by atoms with Gasteiger partial charge in [0.15, 0.2) is 0 Å². The van der Waals surface area contributed by atoms with Gasteiger partial charge in [-0.2, -0.15) is 0 Å². The molecule has 6 amide bonds. The fourth-order valence-electron chi connectivity index (χ4n) is 3.19. The summed E-state index contributed by atoms with van der Waals surface area (Å²) in [5, 5.41) is 7.31. The first-order valence-electron chi connectivity index (χ1n) is 9.82. The van der Waals surface area contributed by atoms with Crippen molar-refractivity contribution < 1.29 is 23.6 Å². The van der Waals surface area contributed by atoms with Gasteiger partial charge in [-0.05, 0) is 30.5 Å². The average molecular weight is 406 g/mol. The van der Waals surface area contributed by atoms with Gasteiger partial charge < -0.3 is 10.6 Å². The SMILES string of the molecule is CCCCNC(=O)NC(=O)CN1C(=O)N[C@@](CCCC)(c2ccc(F)cc2)C1=O. The first-order chi connectivity index (χ1) is 13.8. The molecule has 8 nitrogen and oxygen atoms in total. The monoisotopic (exact) mass is 406 g/mol. The number of imide groups is 2. The van der Waals surface area contributed by atoms with Crippen LogP contribution in [0.5, 0.6) is 0 Å². The summed E-state index contributed by atoms with van der Waals surface area (Å²) in [6.07, 6.45) is 3.40. The standard InChI is InChI=1S/C20H27FN4O4/c1-3-5-11-20(14-7-9-15(21)10-8-14)17(27)25(19(29)24-20)13-16(26)23-18(28)22-12-6-4-2/h7-10H,3-6,11-13H2,1-2H3,(H,24,29)(H2,22,23,26,28)/t20-/m0/s1. The Morgan fingerprint density at radius 3 is 2.38 bits per heavy atom. The molecule has 1 aliphatic rings. The van der Waals surface area contributed by atoms with E-state index in [0.717, 1.165) is 24.2 Å². The highest BCUT2D eigenvalue weighted by molar-refractivity contribution is 6.10. The van der Waals surface area contributed by atoms with E-state index in [-0.39, 0.29) is 0 Å². The van der Waals surface area contributed by atoms with E-state index in [1.165, 1.54) is 24.3 Å². The van der Waals surface area contributed by atoms with E-state index in [1.54, 1.807) is 0 Å². The summed E-state index contributed by atoms with van der Waals surface area (Å²) in [5.74, 6) is -1.82. The number of nitrogens with one attached hydrogen (secondary N) is 3.